The highest BCUT2D eigenvalue weighted by atomic mass is 32.2. The van der Waals surface area contributed by atoms with Gasteiger partial charge in [-0.25, -0.2) is 16.8 Å². The van der Waals surface area contributed by atoms with Gasteiger partial charge in [0.05, 0.1) is 32.9 Å². The average Bonchev–Trinajstić information content (AvgIpc) is 3.32. The predicted octanol–water partition coefficient (Wildman–Crippen LogP) is 4.32. The first kappa shape index (κ1) is 21.0. The van der Waals surface area contributed by atoms with E-state index in [4.69, 9.17) is 0 Å². The Hall–Kier alpha value is -3.89. The maximum absolute atomic E-state index is 13.1. The molecule has 0 amide bonds. The van der Waals surface area contributed by atoms with Gasteiger partial charge in [0.25, 0.3) is 20.0 Å². The van der Waals surface area contributed by atoms with E-state index in [1.807, 2.05) is 0 Å². The van der Waals surface area contributed by atoms with Crippen LogP contribution in [0, 0.1) is 0 Å². The van der Waals surface area contributed by atoms with E-state index in [-0.39, 0.29) is 15.5 Å². The summed E-state index contributed by atoms with van der Waals surface area (Å²) in [4.78, 5) is 0.218. The van der Waals surface area contributed by atoms with Gasteiger partial charge < -0.3 is 0 Å². The molecule has 0 aliphatic carbocycles. The summed E-state index contributed by atoms with van der Waals surface area (Å²) in [6, 6.07) is 23.0. The van der Waals surface area contributed by atoms with Crippen LogP contribution in [0.1, 0.15) is 0 Å². The van der Waals surface area contributed by atoms with Gasteiger partial charge in [0.2, 0.25) is 0 Å². The van der Waals surface area contributed by atoms with E-state index in [1.165, 1.54) is 30.5 Å². The lowest BCUT2D eigenvalue weighted by Gasteiger charge is -2.17. The monoisotopic (exact) mass is 478 g/mol. The molecule has 0 spiro atoms. The standard InChI is InChI=1S/C23H18N4O4S2/c28-32(29,16-9-3-1-4-10-16)26-21-18-13-7-8-14-19(18)23(22-20(21)15-24-25-22)27-33(30,31)17-11-5-2-6-12-17/h1-15,26-27H,(H,24,25). The van der Waals surface area contributed by atoms with Crippen molar-refractivity contribution in [2.75, 3.05) is 9.44 Å². The van der Waals surface area contributed by atoms with Crippen molar-refractivity contribution in [1.29, 1.82) is 0 Å². The molecule has 0 saturated heterocycles. The minimum Gasteiger partial charge on any atom is -0.278 e. The Morgan fingerprint density at radius 1 is 0.576 bits per heavy atom. The quantitative estimate of drug-likeness (QED) is 0.314. The van der Waals surface area contributed by atoms with Gasteiger partial charge in [-0.1, -0.05) is 60.7 Å². The summed E-state index contributed by atoms with van der Waals surface area (Å²) < 4.78 is 57.5. The fourth-order valence-corrected chi connectivity index (χ4v) is 5.90. The van der Waals surface area contributed by atoms with Crippen molar-refractivity contribution < 1.29 is 16.8 Å². The van der Waals surface area contributed by atoms with Gasteiger partial charge in [-0.2, -0.15) is 5.10 Å². The van der Waals surface area contributed by atoms with Crippen LogP contribution in [-0.4, -0.2) is 27.0 Å². The molecule has 4 aromatic carbocycles. The molecule has 0 bridgehead atoms. The third-order valence-corrected chi connectivity index (χ3v) is 7.94. The molecule has 0 aliphatic rings. The zero-order valence-electron chi connectivity index (χ0n) is 17.1. The molecule has 0 atom stereocenters. The van der Waals surface area contributed by atoms with Crippen molar-refractivity contribution in [3.05, 3.63) is 91.1 Å². The molecule has 0 unspecified atom stereocenters. The van der Waals surface area contributed by atoms with Crippen LogP contribution in [0.4, 0.5) is 11.4 Å². The number of hydrogen-bond acceptors (Lipinski definition) is 5. The summed E-state index contributed by atoms with van der Waals surface area (Å²) in [7, 11) is -7.80. The van der Waals surface area contributed by atoms with E-state index in [1.54, 1.807) is 60.7 Å². The van der Waals surface area contributed by atoms with Crippen LogP contribution < -0.4 is 9.44 Å². The van der Waals surface area contributed by atoms with Gasteiger partial charge in [0.15, 0.2) is 0 Å². The molecule has 3 N–H and O–H groups in total. The van der Waals surface area contributed by atoms with Gasteiger partial charge in [-0.3, -0.25) is 14.5 Å². The zero-order chi connectivity index (χ0) is 23.1. The highest BCUT2D eigenvalue weighted by molar-refractivity contribution is 7.93. The zero-order valence-corrected chi connectivity index (χ0v) is 18.7. The second kappa shape index (κ2) is 7.91. The Morgan fingerprint density at radius 3 is 1.58 bits per heavy atom. The van der Waals surface area contributed by atoms with Crippen molar-refractivity contribution in [1.82, 2.24) is 10.2 Å². The van der Waals surface area contributed by atoms with Gasteiger partial charge in [0.1, 0.15) is 0 Å². The van der Waals surface area contributed by atoms with Crippen molar-refractivity contribution in [3.63, 3.8) is 0 Å². The second-order valence-electron chi connectivity index (χ2n) is 7.29. The summed E-state index contributed by atoms with van der Waals surface area (Å²) in [6.45, 7) is 0. The number of hydrogen-bond donors (Lipinski definition) is 3. The lowest BCUT2D eigenvalue weighted by Crippen LogP contribution is -2.15. The van der Waals surface area contributed by atoms with Crippen molar-refractivity contribution in [3.8, 4) is 0 Å². The number of rotatable bonds is 6. The molecule has 1 heterocycles. The lowest BCUT2D eigenvalue weighted by atomic mass is 10.0. The number of fused-ring (bicyclic) bond motifs is 2. The molecular weight excluding hydrogens is 460 g/mol. The van der Waals surface area contributed by atoms with Crippen LogP contribution in [0.25, 0.3) is 21.7 Å². The van der Waals surface area contributed by atoms with Crippen LogP contribution in [0.3, 0.4) is 0 Å². The first-order chi connectivity index (χ1) is 15.9. The molecule has 0 aliphatic heterocycles. The topological polar surface area (TPSA) is 121 Å². The first-order valence-corrected chi connectivity index (χ1v) is 12.9. The molecular formula is C23H18N4O4S2. The fourth-order valence-electron chi connectivity index (χ4n) is 3.67. The van der Waals surface area contributed by atoms with Crippen LogP contribution in [0.15, 0.2) is 101 Å². The summed E-state index contributed by atoms with van der Waals surface area (Å²) in [6.07, 6.45) is 1.46. The lowest BCUT2D eigenvalue weighted by molar-refractivity contribution is 0.599. The fraction of sp³-hybridized carbons (Fsp3) is 0. The Bertz CT molecular complexity index is 1560. The maximum atomic E-state index is 13.1. The molecule has 0 radical (unpaired) electrons. The van der Waals surface area contributed by atoms with E-state index in [9.17, 15) is 16.8 Å². The number of aromatic nitrogens is 2. The van der Waals surface area contributed by atoms with Crippen molar-refractivity contribution in [2.45, 2.75) is 9.79 Å². The Morgan fingerprint density at radius 2 is 1.03 bits per heavy atom. The molecule has 10 heteroatoms. The Kier molecular flexibility index (Phi) is 5.03. The van der Waals surface area contributed by atoms with Crippen molar-refractivity contribution >= 4 is 53.1 Å². The molecule has 0 fully saturated rings. The van der Waals surface area contributed by atoms with Crippen LogP contribution >= 0.6 is 0 Å². The Labute approximate surface area is 190 Å². The van der Waals surface area contributed by atoms with E-state index >= 15 is 0 Å². The number of benzene rings is 4. The largest absolute Gasteiger partial charge is 0.278 e. The van der Waals surface area contributed by atoms with Gasteiger partial charge >= 0.3 is 0 Å². The molecule has 5 aromatic rings. The molecule has 5 rings (SSSR count). The van der Waals surface area contributed by atoms with E-state index < -0.39 is 20.0 Å². The van der Waals surface area contributed by atoms with Gasteiger partial charge in [-0.05, 0) is 24.3 Å². The third-order valence-electron chi connectivity index (χ3n) is 5.20. The third kappa shape index (κ3) is 3.79. The molecule has 8 nitrogen and oxygen atoms in total. The highest BCUT2D eigenvalue weighted by Crippen LogP contribution is 2.40. The summed E-state index contributed by atoms with van der Waals surface area (Å²) >= 11 is 0. The number of aromatic amines is 1. The van der Waals surface area contributed by atoms with Gasteiger partial charge in [-0.15, -0.1) is 0 Å². The normalized spacial score (nSPS) is 12.1. The minimum atomic E-state index is -3.90. The predicted molar refractivity (Wildman–Crippen MR) is 128 cm³/mol. The number of anilines is 2. The maximum Gasteiger partial charge on any atom is 0.261 e. The smallest absolute Gasteiger partial charge is 0.261 e. The van der Waals surface area contributed by atoms with E-state index in [2.05, 4.69) is 19.6 Å². The summed E-state index contributed by atoms with van der Waals surface area (Å²) in [5.41, 5.74) is 0.949. The number of H-pyrrole nitrogens is 1. The van der Waals surface area contributed by atoms with Crippen LogP contribution in [0.5, 0.6) is 0 Å². The van der Waals surface area contributed by atoms with Crippen LogP contribution in [0.2, 0.25) is 0 Å². The average molecular weight is 479 g/mol. The highest BCUT2D eigenvalue weighted by Gasteiger charge is 2.23. The molecule has 166 valence electrons. The SMILES string of the molecule is O=S(=O)(Nc1c2ccccc2c(NS(=O)(=O)c2ccccc2)c2[nH]ncc12)c1ccccc1. The second-order valence-corrected chi connectivity index (χ2v) is 10.7. The Balaban J connectivity index is 1.71. The minimum absolute atomic E-state index is 0.107. The van der Waals surface area contributed by atoms with E-state index in [0.29, 0.717) is 27.4 Å². The molecule has 1 aromatic heterocycles. The molecule has 33 heavy (non-hydrogen) atoms. The number of sulfonamides is 2. The van der Waals surface area contributed by atoms with Crippen LogP contribution in [-0.2, 0) is 20.0 Å². The first-order valence-electron chi connectivity index (χ1n) is 9.90. The summed E-state index contributed by atoms with van der Waals surface area (Å²) in [5, 5.41) is 8.33. The van der Waals surface area contributed by atoms with Gasteiger partial charge in [0, 0.05) is 16.2 Å². The van der Waals surface area contributed by atoms with Crippen molar-refractivity contribution in [2.24, 2.45) is 0 Å². The number of nitrogens with zero attached hydrogens (tertiary/aromatic N) is 1. The number of nitrogens with one attached hydrogen (secondary N) is 3. The molecule has 0 saturated carbocycles. The van der Waals surface area contributed by atoms with E-state index in [0.717, 1.165) is 0 Å². The summed E-state index contributed by atoms with van der Waals surface area (Å²) in [5.74, 6) is 0.